The van der Waals surface area contributed by atoms with Crippen LogP contribution < -0.4 is 5.32 Å². The zero-order chi connectivity index (χ0) is 17.7. The molecule has 1 saturated heterocycles. The van der Waals surface area contributed by atoms with E-state index >= 15 is 0 Å². The quantitative estimate of drug-likeness (QED) is 0.832. The Morgan fingerprint density at radius 2 is 1.92 bits per heavy atom. The van der Waals surface area contributed by atoms with E-state index in [0.29, 0.717) is 24.9 Å². The second kappa shape index (κ2) is 7.95. The molecular weight excluding hydrogens is 308 g/mol. The van der Waals surface area contributed by atoms with E-state index in [1.807, 2.05) is 32.0 Å². The van der Waals surface area contributed by atoms with Crippen molar-refractivity contribution >= 4 is 17.8 Å². The van der Waals surface area contributed by atoms with E-state index in [-0.39, 0.29) is 24.3 Å². The Morgan fingerprint density at radius 3 is 2.46 bits per heavy atom. The van der Waals surface area contributed by atoms with Gasteiger partial charge in [0.05, 0.1) is 5.92 Å². The first-order valence-electron chi connectivity index (χ1n) is 8.24. The second-order valence-electron chi connectivity index (χ2n) is 6.62. The van der Waals surface area contributed by atoms with Crippen molar-refractivity contribution in [2.24, 2.45) is 11.8 Å². The fraction of sp³-hybridized carbons (Fsp3) is 0.500. The van der Waals surface area contributed by atoms with Crippen molar-refractivity contribution in [2.45, 2.75) is 32.7 Å². The van der Waals surface area contributed by atoms with Crippen LogP contribution in [0, 0.1) is 11.8 Å². The van der Waals surface area contributed by atoms with Crippen LogP contribution in [-0.2, 0) is 14.4 Å². The lowest BCUT2D eigenvalue weighted by Crippen LogP contribution is -2.42. The number of carbonyl (C=O) groups is 3. The summed E-state index contributed by atoms with van der Waals surface area (Å²) in [4.78, 5) is 37.6. The molecular formula is C18H24N2O4. The molecule has 1 aliphatic heterocycles. The number of amides is 2. The van der Waals surface area contributed by atoms with E-state index in [4.69, 9.17) is 5.11 Å². The molecule has 0 radical (unpaired) electrons. The molecule has 6 heteroatoms. The average Bonchev–Trinajstić information content (AvgIpc) is 3.02. The molecule has 1 heterocycles. The smallest absolute Gasteiger partial charge is 0.308 e. The molecule has 130 valence electrons. The third-order valence-electron chi connectivity index (χ3n) is 4.13. The van der Waals surface area contributed by atoms with Gasteiger partial charge in [-0.1, -0.05) is 44.2 Å². The van der Waals surface area contributed by atoms with Crippen LogP contribution in [0.4, 0.5) is 0 Å². The van der Waals surface area contributed by atoms with Crippen molar-refractivity contribution in [3.63, 3.8) is 0 Å². The lowest BCUT2D eigenvalue weighted by Gasteiger charge is -2.25. The standard InChI is InChI=1S/C18H24N2O4/c1-12(2)10-15(21)19-16(13-6-4-3-5-7-13)17(22)20-9-8-14(11-20)18(23)24/h3-7,12,14,16H,8-11H2,1-2H3,(H,19,21)(H,23,24). The summed E-state index contributed by atoms with van der Waals surface area (Å²) >= 11 is 0. The first-order chi connectivity index (χ1) is 11.4. The molecule has 6 nitrogen and oxygen atoms in total. The molecule has 1 aromatic carbocycles. The van der Waals surface area contributed by atoms with Crippen LogP contribution in [0.25, 0.3) is 0 Å². The highest BCUT2D eigenvalue weighted by atomic mass is 16.4. The van der Waals surface area contributed by atoms with E-state index in [1.54, 1.807) is 12.1 Å². The number of carboxylic acids is 1. The minimum absolute atomic E-state index is 0.179. The molecule has 1 aliphatic rings. The SMILES string of the molecule is CC(C)CC(=O)NC(C(=O)N1CCC(C(=O)O)C1)c1ccccc1. The third-order valence-corrected chi connectivity index (χ3v) is 4.13. The van der Waals surface area contributed by atoms with Crippen LogP contribution in [0.5, 0.6) is 0 Å². The van der Waals surface area contributed by atoms with Gasteiger partial charge in [0.1, 0.15) is 6.04 Å². The fourth-order valence-electron chi connectivity index (χ4n) is 2.87. The monoisotopic (exact) mass is 332 g/mol. The fourth-order valence-corrected chi connectivity index (χ4v) is 2.87. The molecule has 0 aliphatic carbocycles. The average molecular weight is 332 g/mol. The van der Waals surface area contributed by atoms with Crippen LogP contribution in [0.3, 0.4) is 0 Å². The highest BCUT2D eigenvalue weighted by Crippen LogP contribution is 2.22. The maximum absolute atomic E-state index is 12.9. The Hall–Kier alpha value is -2.37. The maximum atomic E-state index is 12.9. The lowest BCUT2D eigenvalue weighted by molar-refractivity contribution is -0.142. The van der Waals surface area contributed by atoms with Gasteiger partial charge in [-0.2, -0.15) is 0 Å². The summed E-state index contributed by atoms with van der Waals surface area (Å²) in [5.74, 6) is -1.65. The zero-order valence-electron chi connectivity index (χ0n) is 14.1. The van der Waals surface area contributed by atoms with E-state index in [2.05, 4.69) is 5.32 Å². The normalized spacial score (nSPS) is 18.5. The summed E-state index contributed by atoms with van der Waals surface area (Å²) in [6.07, 6.45) is 0.789. The molecule has 1 aromatic rings. The van der Waals surface area contributed by atoms with Gasteiger partial charge in [-0.3, -0.25) is 14.4 Å². The number of nitrogens with zero attached hydrogens (tertiary/aromatic N) is 1. The minimum atomic E-state index is -0.884. The van der Waals surface area contributed by atoms with E-state index in [9.17, 15) is 14.4 Å². The summed E-state index contributed by atoms with van der Waals surface area (Å²) in [5.41, 5.74) is 0.707. The number of nitrogens with one attached hydrogen (secondary N) is 1. The van der Waals surface area contributed by atoms with Crippen molar-refractivity contribution in [3.05, 3.63) is 35.9 Å². The Bertz CT molecular complexity index is 600. The van der Waals surface area contributed by atoms with Crippen molar-refractivity contribution in [3.8, 4) is 0 Å². The highest BCUT2D eigenvalue weighted by Gasteiger charge is 2.35. The molecule has 2 rings (SSSR count). The van der Waals surface area contributed by atoms with Gasteiger partial charge in [0.15, 0.2) is 0 Å². The molecule has 0 spiro atoms. The van der Waals surface area contributed by atoms with Gasteiger partial charge in [0.2, 0.25) is 11.8 Å². The zero-order valence-corrected chi connectivity index (χ0v) is 14.1. The van der Waals surface area contributed by atoms with Crippen molar-refractivity contribution < 1.29 is 19.5 Å². The molecule has 2 amide bonds. The van der Waals surface area contributed by atoms with Gasteiger partial charge >= 0.3 is 5.97 Å². The number of hydrogen-bond donors (Lipinski definition) is 2. The number of benzene rings is 1. The largest absolute Gasteiger partial charge is 0.481 e. The van der Waals surface area contributed by atoms with Crippen LogP contribution in [0.1, 0.15) is 38.3 Å². The summed E-state index contributed by atoms with van der Waals surface area (Å²) in [5, 5.41) is 11.9. The summed E-state index contributed by atoms with van der Waals surface area (Å²) < 4.78 is 0. The van der Waals surface area contributed by atoms with Crippen LogP contribution in [0.15, 0.2) is 30.3 Å². The van der Waals surface area contributed by atoms with Crippen molar-refractivity contribution in [1.82, 2.24) is 10.2 Å². The summed E-state index contributed by atoms with van der Waals surface area (Å²) in [6, 6.07) is 8.29. The van der Waals surface area contributed by atoms with Crippen LogP contribution >= 0.6 is 0 Å². The number of likely N-dealkylation sites (tertiary alicyclic amines) is 1. The van der Waals surface area contributed by atoms with E-state index in [1.165, 1.54) is 4.90 Å². The van der Waals surface area contributed by atoms with Gasteiger partial charge in [0.25, 0.3) is 0 Å². The van der Waals surface area contributed by atoms with Gasteiger partial charge < -0.3 is 15.3 Å². The van der Waals surface area contributed by atoms with Gasteiger partial charge in [-0.05, 0) is 17.9 Å². The number of rotatable bonds is 6. The predicted molar refractivity (Wildman–Crippen MR) is 89.1 cm³/mol. The van der Waals surface area contributed by atoms with Gasteiger partial charge in [-0.15, -0.1) is 0 Å². The number of carboxylic acid groups (broad SMARTS) is 1. The lowest BCUT2D eigenvalue weighted by atomic mass is 10.0. The highest BCUT2D eigenvalue weighted by molar-refractivity contribution is 5.89. The summed E-state index contributed by atoms with van der Waals surface area (Å²) in [7, 11) is 0. The second-order valence-corrected chi connectivity index (χ2v) is 6.62. The summed E-state index contributed by atoms with van der Waals surface area (Å²) in [6.45, 7) is 4.48. The first-order valence-corrected chi connectivity index (χ1v) is 8.24. The number of hydrogen-bond acceptors (Lipinski definition) is 3. The molecule has 0 aromatic heterocycles. The molecule has 0 saturated carbocycles. The first kappa shape index (κ1) is 18.0. The Kier molecular flexibility index (Phi) is 5.95. The Balaban J connectivity index is 2.15. The molecule has 24 heavy (non-hydrogen) atoms. The third kappa shape index (κ3) is 4.57. The predicted octanol–water partition coefficient (Wildman–Crippen LogP) is 1.82. The molecule has 2 atom stereocenters. The van der Waals surface area contributed by atoms with E-state index < -0.39 is 17.9 Å². The maximum Gasteiger partial charge on any atom is 0.308 e. The van der Waals surface area contributed by atoms with Gasteiger partial charge in [-0.25, -0.2) is 0 Å². The van der Waals surface area contributed by atoms with Crippen molar-refractivity contribution in [1.29, 1.82) is 0 Å². The number of aliphatic carboxylic acids is 1. The van der Waals surface area contributed by atoms with E-state index in [0.717, 1.165) is 0 Å². The molecule has 2 unspecified atom stereocenters. The minimum Gasteiger partial charge on any atom is -0.481 e. The van der Waals surface area contributed by atoms with Crippen LogP contribution in [-0.4, -0.2) is 40.9 Å². The number of carbonyl (C=O) groups excluding carboxylic acids is 2. The van der Waals surface area contributed by atoms with Crippen LogP contribution in [0.2, 0.25) is 0 Å². The molecule has 0 bridgehead atoms. The van der Waals surface area contributed by atoms with Crippen molar-refractivity contribution in [2.75, 3.05) is 13.1 Å². The van der Waals surface area contributed by atoms with Gasteiger partial charge in [0, 0.05) is 19.5 Å². The Labute approximate surface area is 141 Å². The molecule has 1 fully saturated rings. The topological polar surface area (TPSA) is 86.7 Å². The Morgan fingerprint density at radius 1 is 1.25 bits per heavy atom. The molecule has 2 N–H and O–H groups in total.